The lowest BCUT2D eigenvalue weighted by Gasteiger charge is -2.29. The van der Waals surface area contributed by atoms with E-state index >= 15 is 0 Å². The molecule has 0 saturated heterocycles. The molecule has 2 aromatic carbocycles. The van der Waals surface area contributed by atoms with Crippen LogP contribution < -0.4 is 4.74 Å². The van der Waals surface area contributed by atoms with Gasteiger partial charge in [-0.25, -0.2) is 0 Å². The van der Waals surface area contributed by atoms with Gasteiger partial charge in [-0.2, -0.15) is 0 Å². The molecule has 0 saturated carbocycles. The maximum absolute atomic E-state index is 10.3. The third-order valence-electron chi connectivity index (χ3n) is 3.84. The monoisotopic (exact) mass is 282 g/mol. The summed E-state index contributed by atoms with van der Waals surface area (Å²) in [5, 5.41) is 13.7. The van der Waals surface area contributed by atoms with E-state index in [0.29, 0.717) is 6.42 Å². The molecular weight excluding hydrogens is 268 g/mol. The lowest BCUT2D eigenvalue weighted by atomic mass is 9.95. The number of thiophene rings is 1. The van der Waals surface area contributed by atoms with Gasteiger partial charge in [-0.1, -0.05) is 36.4 Å². The Labute approximate surface area is 121 Å². The van der Waals surface area contributed by atoms with Crippen molar-refractivity contribution in [2.24, 2.45) is 0 Å². The normalized spacial score (nSPS) is 21.4. The van der Waals surface area contributed by atoms with Crippen LogP contribution in [-0.2, 0) is 0 Å². The molecule has 1 aliphatic rings. The minimum absolute atomic E-state index is 0.0731. The Bertz CT molecular complexity index is 762. The summed E-state index contributed by atoms with van der Waals surface area (Å²) in [4.78, 5) is 0. The Balaban J connectivity index is 1.78. The highest BCUT2D eigenvalue weighted by Crippen LogP contribution is 2.43. The Morgan fingerprint density at radius 1 is 1.00 bits per heavy atom. The molecule has 0 spiro atoms. The minimum Gasteiger partial charge on any atom is -0.485 e. The molecule has 1 aliphatic heterocycles. The standard InChI is InChI=1S/C17H14O2S/c18-14-9-16(19-15-7-3-1-6-12(14)15)13-10-20-17-8-4-2-5-11(13)17/h1-8,10,14,16,18H,9H2. The number of fused-ring (bicyclic) bond motifs is 2. The van der Waals surface area contributed by atoms with E-state index in [1.165, 1.54) is 15.6 Å². The average Bonchev–Trinajstić information content (AvgIpc) is 2.91. The van der Waals surface area contributed by atoms with Crippen molar-refractivity contribution >= 4 is 21.4 Å². The summed E-state index contributed by atoms with van der Waals surface area (Å²) in [6.07, 6.45) is 0.0808. The molecule has 0 radical (unpaired) electrons. The molecule has 3 aromatic rings. The van der Waals surface area contributed by atoms with Gasteiger partial charge in [0.05, 0.1) is 6.10 Å². The van der Waals surface area contributed by atoms with Gasteiger partial charge in [-0.3, -0.25) is 0 Å². The van der Waals surface area contributed by atoms with Gasteiger partial charge in [0.2, 0.25) is 0 Å². The van der Waals surface area contributed by atoms with Crippen LogP contribution in [0.15, 0.2) is 53.9 Å². The number of rotatable bonds is 1. The van der Waals surface area contributed by atoms with Gasteiger partial charge in [-0.05, 0) is 22.9 Å². The number of ether oxygens (including phenoxy) is 1. The predicted molar refractivity (Wildman–Crippen MR) is 81.2 cm³/mol. The van der Waals surface area contributed by atoms with Crippen molar-refractivity contribution in [3.05, 3.63) is 65.0 Å². The van der Waals surface area contributed by atoms with Crippen molar-refractivity contribution in [2.75, 3.05) is 0 Å². The number of benzene rings is 2. The first-order valence-corrected chi connectivity index (χ1v) is 7.60. The maximum Gasteiger partial charge on any atom is 0.128 e. The number of aliphatic hydroxyl groups excluding tert-OH is 1. The SMILES string of the molecule is OC1CC(c2csc3ccccc23)Oc2ccccc21. The molecule has 3 heteroatoms. The zero-order chi connectivity index (χ0) is 13.5. The third-order valence-corrected chi connectivity index (χ3v) is 4.82. The first kappa shape index (κ1) is 11.9. The van der Waals surface area contributed by atoms with Gasteiger partial charge in [-0.15, -0.1) is 11.3 Å². The van der Waals surface area contributed by atoms with E-state index in [0.717, 1.165) is 11.3 Å². The summed E-state index contributed by atoms with van der Waals surface area (Å²) >= 11 is 1.73. The van der Waals surface area contributed by atoms with E-state index in [2.05, 4.69) is 23.6 Å². The van der Waals surface area contributed by atoms with Crippen LogP contribution in [0.2, 0.25) is 0 Å². The van der Waals surface area contributed by atoms with Crippen LogP contribution >= 0.6 is 11.3 Å². The van der Waals surface area contributed by atoms with Crippen LogP contribution in [-0.4, -0.2) is 5.11 Å². The fourth-order valence-electron chi connectivity index (χ4n) is 2.83. The largest absolute Gasteiger partial charge is 0.485 e. The second-order valence-electron chi connectivity index (χ2n) is 5.08. The molecule has 20 heavy (non-hydrogen) atoms. The van der Waals surface area contributed by atoms with E-state index in [1.807, 2.05) is 30.3 Å². The van der Waals surface area contributed by atoms with E-state index in [9.17, 15) is 5.11 Å². The second-order valence-corrected chi connectivity index (χ2v) is 5.99. The molecular formula is C17H14O2S. The molecule has 0 bridgehead atoms. The quantitative estimate of drug-likeness (QED) is 0.714. The summed E-state index contributed by atoms with van der Waals surface area (Å²) in [5.41, 5.74) is 2.07. The molecule has 0 amide bonds. The summed E-state index contributed by atoms with van der Waals surface area (Å²) in [5.74, 6) is 0.798. The first-order valence-electron chi connectivity index (χ1n) is 6.73. The topological polar surface area (TPSA) is 29.5 Å². The molecule has 1 N–H and O–H groups in total. The van der Waals surface area contributed by atoms with Gasteiger partial charge < -0.3 is 9.84 Å². The second kappa shape index (κ2) is 4.62. The molecule has 100 valence electrons. The summed E-state index contributed by atoms with van der Waals surface area (Å²) in [6.45, 7) is 0. The molecule has 0 fully saturated rings. The van der Waals surface area contributed by atoms with Crippen molar-refractivity contribution in [1.29, 1.82) is 0 Å². The average molecular weight is 282 g/mol. The Morgan fingerprint density at radius 3 is 2.75 bits per heavy atom. The molecule has 0 aliphatic carbocycles. The fraction of sp³-hybridized carbons (Fsp3) is 0.176. The smallest absolute Gasteiger partial charge is 0.128 e. The van der Waals surface area contributed by atoms with Gasteiger partial charge in [0.15, 0.2) is 0 Å². The van der Waals surface area contributed by atoms with Crippen LogP contribution in [0.1, 0.15) is 29.8 Å². The Morgan fingerprint density at radius 2 is 1.80 bits per heavy atom. The van der Waals surface area contributed by atoms with Gasteiger partial charge in [0.25, 0.3) is 0 Å². The van der Waals surface area contributed by atoms with Crippen LogP contribution in [0.4, 0.5) is 0 Å². The minimum atomic E-state index is -0.455. The molecule has 4 rings (SSSR count). The highest BCUT2D eigenvalue weighted by atomic mass is 32.1. The lowest BCUT2D eigenvalue weighted by molar-refractivity contribution is 0.0666. The van der Waals surface area contributed by atoms with Gasteiger partial charge >= 0.3 is 0 Å². The van der Waals surface area contributed by atoms with Crippen LogP contribution in [0.3, 0.4) is 0 Å². The first-order chi connectivity index (χ1) is 9.83. The number of aliphatic hydroxyl groups is 1. The van der Waals surface area contributed by atoms with Crippen LogP contribution in [0.5, 0.6) is 5.75 Å². The van der Waals surface area contributed by atoms with Crippen molar-refractivity contribution in [2.45, 2.75) is 18.6 Å². The van der Waals surface area contributed by atoms with Crippen molar-refractivity contribution < 1.29 is 9.84 Å². The van der Waals surface area contributed by atoms with Crippen molar-refractivity contribution in [1.82, 2.24) is 0 Å². The summed E-state index contributed by atoms with van der Waals surface area (Å²) in [7, 11) is 0. The number of hydrogen-bond donors (Lipinski definition) is 1. The third kappa shape index (κ3) is 1.82. The molecule has 2 nitrogen and oxygen atoms in total. The van der Waals surface area contributed by atoms with E-state index in [4.69, 9.17) is 4.74 Å². The fourth-order valence-corrected chi connectivity index (χ4v) is 3.84. The van der Waals surface area contributed by atoms with Gasteiger partial charge in [0, 0.05) is 22.2 Å². The van der Waals surface area contributed by atoms with Crippen molar-refractivity contribution in [3.8, 4) is 5.75 Å². The highest BCUT2D eigenvalue weighted by Gasteiger charge is 2.29. The maximum atomic E-state index is 10.3. The van der Waals surface area contributed by atoms with Crippen LogP contribution in [0, 0.1) is 0 Å². The van der Waals surface area contributed by atoms with E-state index in [-0.39, 0.29) is 6.10 Å². The predicted octanol–water partition coefficient (Wildman–Crippen LogP) is 4.46. The lowest BCUT2D eigenvalue weighted by Crippen LogP contribution is -2.18. The zero-order valence-corrected chi connectivity index (χ0v) is 11.6. The molecule has 2 unspecified atom stereocenters. The molecule has 1 aromatic heterocycles. The number of hydrogen-bond acceptors (Lipinski definition) is 3. The van der Waals surface area contributed by atoms with E-state index < -0.39 is 6.10 Å². The van der Waals surface area contributed by atoms with Crippen LogP contribution in [0.25, 0.3) is 10.1 Å². The summed E-state index contributed by atoms with van der Waals surface area (Å²) < 4.78 is 7.36. The molecule has 2 atom stereocenters. The van der Waals surface area contributed by atoms with Crippen molar-refractivity contribution in [3.63, 3.8) is 0 Å². The zero-order valence-electron chi connectivity index (χ0n) is 10.8. The molecule has 2 heterocycles. The number of para-hydroxylation sites is 1. The Hall–Kier alpha value is -1.84. The summed E-state index contributed by atoms with van der Waals surface area (Å²) in [6, 6.07) is 16.1. The van der Waals surface area contributed by atoms with Gasteiger partial charge in [0.1, 0.15) is 11.9 Å². The van der Waals surface area contributed by atoms with E-state index in [1.54, 1.807) is 11.3 Å². The Kier molecular flexibility index (Phi) is 2.76. The highest BCUT2D eigenvalue weighted by molar-refractivity contribution is 7.17.